The lowest BCUT2D eigenvalue weighted by Gasteiger charge is -2.22. The second-order valence-electron chi connectivity index (χ2n) is 7.77. The fourth-order valence-corrected chi connectivity index (χ4v) is 3.07. The number of hydrogen-bond donors (Lipinski definition) is 1. The van der Waals surface area contributed by atoms with E-state index in [2.05, 4.69) is 5.32 Å². The van der Waals surface area contributed by atoms with E-state index in [1.165, 1.54) is 6.07 Å². The van der Waals surface area contributed by atoms with Gasteiger partial charge >= 0.3 is 6.09 Å². The van der Waals surface area contributed by atoms with Crippen LogP contribution in [-0.4, -0.2) is 29.6 Å². The number of hydrogen-bond acceptors (Lipinski definition) is 5. The van der Waals surface area contributed by atoms with Gasteiger partial charge in [-0.3, -0.25) is 4.79 Å². The van der Waals surface area contributed by atoms with Gasteiger partial charge in [0, 0.05) is 12.5 Å². The Balaban J connectivity index is 2.05. The van der Waals surface area contributed by atoms with Crippen LogP contribution in [0, 0.1) is 24.1 Å². The third-order valence-electron chi connectivity index (χ3n) is 4.12. The molecule has 27 heavy (non-hydrogen) atoms. The van der Waals surface area contributed by atoms with Crippen molar-refractivity contribution in [3.63, 3.8) is 0 Å². The maximum absolute atomic E-state index is 14.3. The molecule has 1 aromatic carbocycles. The molecule has 0 saturated heterocycles. The monoisotopic (exact) mass is 376 g/mol. The number of ether oxygens (including phenoxy) is 2. The number of ketones is 1. The summed E-state index contributed by atoms with van der Waals surface area (Å²) in [4.78, 5) is 24.0. The molecular formula is C20H25FN2O4. The van der Waals surface area contributed by atoms with Crippen LogP contribution in [0.5, 0.6) is 5.75 Å². The predicted octanol–water partition coefficient (Wildman–Crippen LogP) is 4.06. The molecule has 1 aromatic rings. The number of amides is 1. The van der Waals surface area contributed by atoms with Crippen LogP contribution in [0.15, 0.2) is 12.1 Å². The zero-order chi connectivity index (χ0) is 20.2. The van der Waals surface area contributed by atoms with Gasteiger partial charge in [-0.1, -0.05) is 0 Å². The molecule has 146 valence electrons. The number of benzene rings is 1. The summed E-state index contributed by atoms with van der Waals surface area (Å²) in [7, 11) is 0. The Bertz CT molecular complexity index is 764. The molecule has 6 nitrogen and oxygen atoms in total. The average Bonchev–Trinajstić information content (AvgIpc) is 2.91. The zero-order valence-electron chi connectivity index (χ0n) is 16.1. The summed E-state index contributed by atoms with van der Waals surface area (Å²) in [5, 5.41) is 11.5. The van der Waals surface area contributed by atoms with E-state index in [1.807, 2.05) is 0 Å². The van der Waals surface area contributed by atoms with Gasteiger partial charge in [-0.05, 0) is 58.2 Å². The molecule has 0 aliphatic heterocycles. The van der Waals surface area contributed by atoms with Crippen LogP contribution >= 0.6 is 0 Å². The van der Waals surface area contributed by atoms with Crippen LogP contribution in [-0.2, 0) is 4.74 Å². The van der Waals surface area contributed by atoms with Crippen LogP contribution in [0.1, 0.15) is 62.4 Å². The van der Waals surface area contributed by atoms with Crippen LogP contribution in [0.3, 0.4) is 0 Å². The molecule has 0 unspecified atom stereocenters. The maximum atomic E-state index is 14.3. The number of rotatable bonds is 5. The van der Waals surface area contributed by atoms with Crippen molar-refractivity contribution in [2.24, 2.45) is 0 Å². The van der Waals surface area contributed by atoms with Gasteiger partial charge in [-0.15, -0.1) is 0 Å². The fourth-order valence-electron chi connectivity index (χ4n) is 3.07. The number of carbonyl (C=O) groups excluding carboxylic acids is 2. The first kappa shape index (κ1) is 20.7. The van der Waals surface area contributed by atoms with Crippen LogP contribution in [0.25, 0.3) is 0 Å². The van der Waals surface area contributed by atoms with Crippen molar-refractivity contribution in [3.05, 3.63) is 29.1 Å². The minimum Gasteiger partial charge on any atom is -0.489 e. The first-order valence-corrected chi connectivity index (χ1v) is 8.95. The highest BCUT2D eigenvalue weighted by molar-refractivity contribution is 6.00. The number of nitriles is 1. The molecular weight excluding hydrogens is 351 g/mol. The zero-order valence-corrected chi connectivity index (χ0v) is 16.1. The van der Waals surface area contributed by atoms with E-state index in [0.717, 1.165) is 0 Å². The molecule has 0 aromatic heterocycles. The summed E-state index contributed by atoms with van der Waals surface area (Å²) >= 11 is 0. The highest BCUT2D eigenvalue weighted by Crippen LogP contribution is 2.30. The lowest BCUT2D eigenvalue weighted by molar-refractivity contribution is 0.0503. The molecule has 1 saturated carbocycles. The molecule has 0 radical (unpaired) electrons. The Morgan fingerprint density at radius 1 is 1.33 bits per heavy atom. The first-order chi connectivity index (χ1) is 12.6. The Kier molecular flexibility index (Phi) is 6.42. The van der Waals surface area contributed by atoms with Gasteiger partial charge < -0.3 is 14.8 Å². The predicted molar refractivity (Wildman–Crippen MR) is 97.1 cm³/mol. The summed E-state index contributed by atoms with van der Waals surface area (Å²) in [6.45, 7) is 7.08. The Labute approximate surface area is 158 Å². The summed E-state index contributed by atoms with van der Waals surface area (Å²) in [6, 6.07) is 4.48. The average molecular weight is 376 g/mol. The highest BCUT2D eigenvalue weighted by atomic mass is 19.1. The fraction of sp³-hybridized carbons (Fsp3) is 0.550. The standard InChI is InChI=1S/C20H25FN2O4/c1-12-9-15(21)18(16(24)7-8-22)17(10-12)26-14-6-5-13(11-14)23-19(25)27-20(2,3)4/h9-10,13-14H,5-7,11H2,1-4H3,(H,23,25)/t13-,14-/m1/s1. The van der Waals surface area contributed by atoms with Crippen molar-refractivity contribution in [1.29, 1.82) is 5.26 Å². The smallest absolute Gasteiger partial charge is 0.407 e. The van der Waals surface area contributed by atoms with E-state index in [1.54, 1.807) is 39.8 Å². The van der Waals surface area contributed by atoms with E-state index in [-0.39, 0.29) is 23.5 Å². The van der Waals surface area contributed by atoms with Crippen LogP contribution in [0.2, 0.25) is 0 Å². The number of nitrogens with one attached hydrogen (secondary N) is 1. The molecule has 2 atom stereocenters. The summed E-state index contributed by atoms with van der Waals surface area (Å²) in [6.07, 6.45) is 0.714. The van der Waals surface area contributed by atoms with Gasteiger partial charge in [0.05, 0.1) is 18.1 Å². The lowest BCUT2D eigenvalue weighted by Crippen LogP contribution is -2.38. The molecule has 1 amide bonds. The SMILES string of the molecule is Cc1cc(F)c(C(=O)CC#N)c(O[C@@H]2CC[C@@H](NC(=O)OC(C)(C)C)C2)c1. The molecule has 0 bridgehead atoms. The quantitative estimate of drug-likeness (QED) is 0.783. The van der Waals surface area contributed by atoms with Gasteiger partial charge in [0.25, 0.3) is 0 Å². The summed E-state index contributed by atoms with van der Waals surface area (Å²) in [5.74, 6) is -1.14. The van der Waals surface area contributed by atoms with Crippen LogP contribution in [0.4, 0.5) is 9.18 Å². The number of alkyl carbamates (subject to hydrolysis) is 1. The lowest BCUT2D eigenvalue weighted by atomic mass is 10.0. The maximum Gasteiger partial charge on any atom is 0.407 e. The molecule has 1 N–H and O–H groups in total. The minimum absolute atomic E-state index is 0.113. The van der Waals surface area contributed by atoms with Crippen molar-refractivity contribution in [2.75, 3.05) is 0 Å². The molecule has 7 heteroatoms. The van der Waals surface area contributed by atoms with E-state index in [0.29, 0.717) is 24.8 Å². The molecule has 0 spiro atoms. The van der Waals surface area contributed by atoms with Gasteiger partial charge in [0.1, 0.15) is 23.3 Å². The normalized spacial score (nSPS) is 19.3. The van der Waals surface area contributed by atoms with Crippen molar-refractivity contribution >= 4 is 11.9 Å². The molecule has 2 rings (SSSR count). The number of carbonyl (C=O) groups is 2. The molecule has 1 aliphatic rings. The number of Topliss-reactive ketones (excluding diaryl/α,β-unsaturated/α-hetero) is 1. The van der Waals surface area contributed by atoms with E-state index >= 15 is 0 Å². The third-order valence-corrected chi connectivity index (χ3v) is 4.12. The van der Waals surface area contributed by atoms with Gasteiger partial charge in [0.2, 0.25) is 0 Å². The van der Waals surface area contributed by atoms with Gasteiger partial charge in [-0.25, -0.2) is 9.18 Å². The minimum atomic E-state index is -0.688. The molecule has 1 fully saturated rings. The Morgan fingerprint density at radius 3 is 2.67 bits per heavy atom. The van der Waals surface area contributed by atoms with Crippen molar-refractivity contribution < 1.29 is 23.5 Å². The number of halogens is 1. The summed E-state index contributed by atoms with van der Waals surface area (Å²) < 4.78 is 25.4. The first-order valence-electron chi connectivity index (χ1n) is 8.95. The van der Waals surface area contributed by atoms with Gasteiger partial charge in [0.15, 0.2) is 5.78 Å². The second kappa shape index (κ2) is 8.38. The topological polar surface area (TPSA) is 88.4 Å². The van der Waals surface area contributed by atoms with Crippen molar-refractivity contribution in [2.45, 2.75) is 71.1 Å². The van der Waals surface area contributed by atoms with Gasteiger partial charge in [-0.2, -0.15) is 5.26 Å². The van der Waals surface area contributed by atoms with E-state index < -0.39 is 29.7 Å². The van der Waals surface area contributed by atoms with Crippen molar-refractivity contribution in [3.8, 4) is 11.8 Å². The molecule has 1 aliphatic carbocycles. The highest BCUT2D eigenvalue weighted by Gasteiger charge is 2.30. The Morgan fingerprint density at radius 2 is 2.04 bits per heavy atom. The van der Waals surface area contributed by atoms with E-state index in [9.17, 15) is 14.0 Å². The number of aryl methyl sites for hydroxylation is 1. The third kappa shape index (κ3) is 5.95. The summed E-state index contributed by atoms with van der Waals surface area (Å²) in [5.41, 5.74) is -0.142. The van der Waals surface area contributed by atoms with Crippen LogP contribution < -0.4 is 10.1 Å². The number of nitrogens with zero attached hydrogens (tertiary/aromatic N) is 1. The van der Waals surface area contributed by atoms with E-state index in [4.69, 9.17) is 14.7 Å². The second-order valence-corrected chi connectivity index (χ2v) is 7.77. The Hall–Kier alpha value is -2.62. The van der Waals surface area contributed by atoms with Crippen molar-refractivity contribution in [1.82, 2.24) is 5.32 Å². The molecule has 0 heterocycles. The largest absolute Gasteiger partial charge is 0.489 e.